The van der Waals surface area contributed by atoms with Crippen molar-refractivity contribution in [3.05, 3.63) is 34.2 Å². The summed E-state index contributed by atoms with van der Waals surface area (Å²) < 4.78 is 1.73. The fourth-order valence-corrected chi connectivity index (χ4v) is 2.45. The number of carbonyl (C=O) groups is 2. The first-order valence-corrected chi connectivity index (χ1v) is 6.76. The van der Waals surface area contributed by atoms with Gasteiger partial charge in [-0.2, -0.15) is 5.10 Å². The zero-order valence-corrected chi connectivity index (χ0v) is 11.8. The van der Waals surface area contributed by atoms with Crippen molar-refractivity contribution in [2.45, 2.75) is 26.8 Å². The monoisotopic (exact) mass is 277 g/mol. The maximum atomic E-state index is 12.1. The van der Waals surface area contributed by atoms with Gasteiger partial charge in [-0.1, -0.05) is 0 Å². The Kier molecular flexibility index (Phi) is 3.80. The molecule has 1 N–H and O–H groups in total. The van der Waals surface area contributed by atoms with Crippen molar-refractivity contribution in [1.82, 2.24) is 9.78 Å². The van der Waals surface area contributed by atoms with E-state index in [9.17, 15) is 9.59 Å². The van der Waals surface area contributed by atoms with Gasteiger partial charge in [0.05, 0.1) is 16.0 Å². The predicted molar refractivity (Wildman–Crippen MR) is 74.9 cm³/mol. The van der Waals surface area contributed by atoms with E-state index in [-0.39, 0.29) is 17.7 Å². The first-order valence-electron chi connectivity index (χ1n) is 5.94. The van der Waals surface area contributed by atoms with Crippen LogP contribution in [-0.2, 0) is 0 Å². The fourth-order valence-electron chi connectivity index (χ4n) is 1.65. The quantitative estimate of drug-likeness (QED) is 0.874. The molecule has 0 unspecified atom stereocenters. The van der Waals surface area contributed by atoms with Crippen LogP contribution in [0.5, 0.6) is 0 Å². The Hall–Kier alpha value is -1.95. The third kappa shape index (κ3) is 2.90. The standard InChI is InChI=1S/C13H15N3O2S/c1-8(2)16-12(6-7-14-16)15-13(18)11-5-4-10(19-11)9(3)17/h4-8H,1-3H3,(H,15,18). The second-order valence-electron chi connectivity index (χ2n) is 4.43. The molecule has 0 spiro atoms. The third-order valence-electron chi connectivity index (χ3n) is 2.58. The molecule has 0 bridgehead atoms. The van der Waals surface area contributed by atoms with E-state index in [1.54, 1.807) is 29.1 Å². The molecule has 0 aliphatic carbocycles. The Morgan fingerprint density at radius 2 is 1.95 bits per heavy atom. The molecule has 0 aliphatic heterocycles. The number of anilines is 1. The third-order valence-corrected chi connectivity index (χ3v) is 3.76. The number of thiophene rings is 1. The molecule has 100 valence electrons. The lowest BCUT2D eigenvalue weighted by atomic mass is 10.3. The number of nitrogens with one attached hydrogen (secondary N) is 1. The van der Waals surface area contributed by atoms with Crippen LogP contribution >= 0.6 is 11.3 Å². The highest BCUT2D eigenvalue weighted by atomic mass is 32.1. The van der Waals surface area contributed by atoms with E-state index in [4.69, 9.17) is 0 Å². The van der Waals surface area contributed by atoms with Crippen molar-refractivity contribution in [1.29, 1.82) is 0 Å². The smallest absolute Gasteiger partial charge is 0.266 e. The molecule has 1 amide bonds. The Morgan fingerprint density at radius 3 is 2.53 bits per heavy atom. The largest absolute Gasteiger partial charge is 0.306 e. The predicted octanol–water partition coefficient (Wildman–Crippen LogP) is 2.98. The molecular weight excluding hydrogens is 262 g/mol. The molecule has 0 radical (unpaired) electrons. The van der Waals surface area contributed by atoms with Crippen LogP contribution in [0.4, 0.5) is 5.82 Å². The molecule has 2 rings (SSSR count). The number of carbonyl (C=O) groups excluding carboxylic acids is 2. The maximum absolute atomic E-state index is 12.1. The lowest BCUT2D eigenvalue weighted by molar-refractivity contribution is 0.101. The first kappa shape index (κ1) is 13.5. The van der Waals surface area contributed by atoms with Gasteiger partial charge >= 0.3 is 0 Å². The molecule has 0 fully saturated rings. The minimum absolute atomic E-state index is 0.0312. The highest BCUT2D eigenvalue weighted by Gasteiger charge is 2.14. The molecular formula is C13H15N3O2S. The zero-order chi connectivity index (χ0) is 14.0. The first-order chi connectivity index (χ1) is 8.99. The number of amides is 1. The van der Waals surface area contributed by atoms with Crippen LogP contribution < -0.4 is 5.32 Å². The molecule has 2 aromatic heterocycles. The maximum Gasteiger partial charge on any atom is 0.266 e. The summed E-state index contributed by atoms with van der Waals surface area (Å²) in [6.45, 7) is 5.46. The summed E-state index contributed by atoms with van der Waals surface area (Å²) in [5, 5.41) is 6.95. The number of hydrogen-bond acceptors (Lipinski definition) is 4. The van der Waals surface area contributed by atoms with E-state index >= 15 is 0 Å². The number of aromatic nitrogens is 2. The van der Waals surface area contributed by atoms with Crippen LogP contribution in [0.3, 0.4) is 0 Å². The summed E-state index contributed by atoms with van der Waals surface area (Å²) in [6.07, 6.45) is 1.64. The van der Waals surface area contributed by atoms with Crippen LogP contribution in [0.1, 0.15) is 46.2 Å². The topological polar surface area (TPSA) is 64.0 Å². The van der Waals surface area contributed by atoms with Gasteiger partial charge in [0.2, 0.25) is 0 Å². The highest BCUT2D eigenvalue weighted by molar-refractivity contribution is 7.16. The SMILES string of the molecule is CC(=O)c1ccc(C(=O)Nc2ccnn2C(C)C)s1. The van der Waals surface area contributed by atoms with E-state index in [2.05, 4.69) is 10.4 Å². The molecule has 0 aliphatic rings. The van der Waals surface area contributed by atoms with E-state index in [1.165, 1.54) is 18.3 Å². The van der Waals surface area contributed by atoms with Gasteiger partial charge in [0.25, 0.3) is 5.91 Å². The summed E-state index contributed by atoms with van der Waals surface area (Å²) in [4.78, 5) is 24.4. The van der Waals surface area contributed by atoms with Gasteiger partial charge in [0.1, 0.15) is 5.82 Å². The summed E-state index contributed by atoms with van der Waals surface area (Å²) in [7, 11) is 0. The van der Waals surface area contributed by atoms with Gasteiger partial charge < -0.3 is 5.32 Å². The van der Waals surface area contributed by atoms with Crippen LogP contribution in [0.25, 0.3) is 0 Å². The summed E-state index contributed by atoms with van der Waals surface area (Å²) in [5.41, 5.74) is 0. The van der Waals surface area contributed by atoms with E-state index in [0.29, 0.717) is 15.6 Å². The van der Waals surface area contributed by atoms with Gasteiger partial charge in [-0.25, -0.2) is 4.68 Å². The molecule has 0 saturated carbocycles. The van der Waals surface area contributed by atoms with Crippen molar-refractivity contribution in [3.8, 4) is 0 Å². The summed E-state index contributed by atoms with van der Waals surface area (Å²) in [6, 6.07) is 5.24. The Bertz CT molecular complexity index is 613. The van der Waals surface area contributed by atoms with Gasteiger partial charge in [0, 0.05) is 12.1 Å². The van der Waals surface area contributed by atoms with E-state index in [0.717, 1.165) is 0 Å². The molecule has 19 heavy (non-hydrogen) atoms. The van der Waals surface area contributed by atoms with Gasteiger partial charge in [-0.05, 0) is 32.9 Å². The van der Waals surface area contributed by atoms with Gasteiger partial charge in [0.15, 0.2) is 5.78 Å². The number of ketones is 1. The molecule has 2 heterocycles. The second-order valence-corrected chi connectivity index (χ2v) is 5.51. The number of nitrogens with zero attached hydrogens (tertiary/aromatic N) is 2. The van der Waals surface area contributed by atoms with Crippen molar-refractivity contribution in [2.24, 2.45) is 0 Å². The number of rotatable bonds is 4. The van der Waals surface area contributed by atoms with Crippen LogP contribution in [0.2, 0.25) is 0 Å². The van der Waals surface area contributed by atoms with Crippen LogP contribution in [0, 0.1) is 0 Å². The normalized spacial score (nSPS) is 10.7. The second kappa shape index (κ2) is 5.36. The molecule has 0 saturated heterocycles. The van der Waals surface area contributed by atoms with Crippen molar-refractivity contribution < 1.29 is 9.59 Å². The number of hydrogen-bond donors (Lipinski definition) is 1. The molecule has 0 aromatic carbocycles. The zero-order valence-electron chi connectivity index (χ0n) is 11.0. The lowest BCUT2D eigenvalue weighted by Crippen LogP contribution is -2.15. The molecule has 0 atom stereocenters. The molecule has 6 heteroatoms. The van der Waals surface area contributed by atoms with E-state index < -0.39 is 0 Å². The van der Waals surface area contributed by atoms with E-state index in [1.807, 2.05) is 13.8 Å². The Morgan fingerprint density at radius 1 is 1.26 bits per heavy atom. The van der Waals surface area contributed by atoms with Crippen LogP contribution in [-0.4, -0.2) is 21.5 Å². The van der Waals surface area contributed by atoms with Gasteiger partial charge in [-0.15, -0.1) is 11.3 Å². The van der Waals surface area contributed by atoms with Gasteiger partial charge in [-0.3, -0.25) is 9.59 Å². The average Bonchev–Trinajstić information content (AvgIpc) is 2.96. The van der Waals surface area contributed by atoms with Crippen LogP contribution in [0.15, 0.2) is 24.4 Å². The molecule has 5 nitrogen and oxygen atoms in total. The van der Waals surface area contributed by atoms with Crippen molar-refractivity contribution >= 4 is 28.8 Å². The van der Waals surface area contributed by atoms with Crippen molar-refractivity contribution in [3.63, 3.8) is 0 Å². The summed E-state index contributed by atoms with van der Waals surface area (Å²) in [5.74, 6) is 0.397. The summed E-state index contributed by atoms with van der Waals surface area (Å²) >= 11 is 1.19. The Labute approximate surface area is 115 Å². The Balaban J connectivity index is 2.16. The molecule has 2 aromatic rings. The lowest BCUT2D eigenvalue weighted by Gasteiger charge is -2.11. The minimum Gasteiger partial charge on any atom is -0.306 e. The minimum atomic E-state index is -0.222. The fraction of sp³-hybridized carbons (Fsp3) is 0.308. The highest BCUT2D eigenvalue weighted by Crippen LogP contribution is 2.19. The number of Topliss-reactive ketones (excluding diaryl/α,β-unsaturated/α-hetero) is 1. The van der Waals surface area contributed by atoms with Crippen molar-refractivity contribution in [2.75, 3.05) is 5.32 Å². The average molecular weight is 277 g/mol.